The molecule has 0 amide bonds. The molecule has 0 spiro atoms. The number of benzene rings is 3. The van der Waals surface area contributed by atoms with Gasteiger partial charge < -0.3 is 19.9 Å². The molecule has 1 saturated heterocycles. The Hall–Kier alpha value is -3.80. The first-order valence-corrected chi connectivity index (χ1v) is 13.3. The van der Waals surface area contributed by atoms with Crippen LogP contribution in [0.2, 0.25) is 0 Å². The Morgan fingerprint density at radius 3 is 2.43 bits per heavy atom. The van der Waals surface area contributed by atoms with Crippen LogP contribution in [0.1, 0.15) is 17.3 Å². The molecule has 0 radical (unpaired) electrons. The molecule has 0 bridgehead atoms. The molecule has 0 aliphatic carbocycles. The Morgan fingerprint density at radius 1 is 1.11 bits per heavy atom. The van der Waals surface area contributed by atoms with Crippen LogP contribution in [0, 0.1) is 5.82 Å². The monoisotopic (exact) mass is 527 g/mol. The van der Waals surface area contributed by atoms with E-state index in [0.29, 0.717) is 36.2 Å². The first-order chi connectivity index (χ1) is 17.4. The lowest BCUT2D eigenvalue weighted by molar-refractivity contribution is 0.0695. The van der Waals surface area contributed by atoms with Crippen molar-refractivity contribution in [2.75, 3.05) is 30.8 Å². The van der Waals surface area contributed by atoms with Gasteiger partial charge >= 0.3 is 5.97 Å². The van der Waals surface area contributed by atoms with E-state index in [9.17, 15) is 23.1 Å². The number of carboxylic acids is 1. The molecule has 3 aromatic carbocycles. The van der Waals surface area contributed by atoms with E-state index in [0.717, 1.165) is 17.3 Å². The number of hydrogen-bond donors (Lipinski definition) is 3. The third-order valence-corrected chi connectivity index (χ3v) is 6.02. The quantitative estimate of drug-likeness (QED) is 0.346. The van der Waals surface area contributed by atoms with Gasteiger partial charge in [-0.3, -0.25) is 9.35 Å². The molecule has 11 heteroatoms. The van der Waals surface area contributed by atoms with Gasteiger partial charge in [-0.05, 0) is 42.0 Å². The molecular formula is C26H26FN3O6S. The summed E-state index contributed by atoms with van der Waals surface area (Å²) in [6.45, 7) is 4.04. The molecular weight excluding hydrogens is 501 g/mol. The second-order valence-corrected chi connectivity index (χ2v) is 10.4. The Labute approximate surface area is 212 Å². The lowest BCUT2D eigenvalue weighted by Crippen LogP contribution is -2.49. The van der Waals surface area contributed by atoms with E-state index in [1.165, 1.54) is 12.3 Å². The first kappa shape index (κ1) is 26.3. The van der Waals surface area contributed by atoms with Gasteiger partial charge in [0.1, 0.15) is 11.4 Å². The zero-order valence-corrected chi connectivity index (χ0v) is 21.0. The van der Waals surface area contributed by atoms with Crippen molar-refractivity contribution in [1.82, 2.24) is 9.88 Å². The SMILES string of the molecule is CC1CN(c2cc3c(cc2F)c(=O)c(C(=O)O)cn3-c2ccc3ccccc3c2)CCN1.CS(=O)(=O)O. The maximum absolute atomic E-state index is 15.1. The number of nitrogens with one attached hydrogen (secondary N) is 1. The van der Waals surface area contributed by atoms with E-state index in [1.54, 1.807) is 10.6 Å². The molecule has 1 atom stereocenters. The summed E-state index contributed by atoms with van der Waals surface area (Å²) in [5, 5.41) is 15.0. The van der Waals surface area contributed by atoms with E-state index >= 15 is 4.39 Å². The largest absolute Gasteiger partial charge is 0.477 e. The van der Waals surface area contributed by atoms with Crippen molar-refractivity contribution in [1.29, 1.82) is 0 Å². The molecule has 5 rings (SSSR count). The lowest BCUT2D eigenvalue weighted by atomic mass is 10.1. The number of piperazine rings is 1. The highest BCUT2D eigenvalue weighted by atomic mass is 32.2. The van der Waals surface area contributed by atoms with Crippen LogP contribution < -0.4 is 15.6 Å². The summed E-state index contributed by atoms with van der Waals surface area (Å²) in [4.78, 5) is 26.6. The van der Waals surface area contributed by atoms with Crippen LogP contribution in [0.5, 0.6) is 0 Å². The molecule has 1 aromatic heterocycles. The molecule has 0 saturated carbocycles. The van der Waals surface area contributed by atoms with Gasteiger partial charge in [0.15, 0.2) is 0 Å². The number of carbonyl (C=O) groups is 1. The van der Waals surface area contributed by atoms with Crippen molar-refractivity contribution < 1.29 is 27.3 Å². The minimum Gasteiger partial charge on any atom is -0.477 e. The van der Waals surface area contributed by atoms with Gasteiger partial charge in [0.05, 0.1) is 17.5 Å². The highest BCUT2D eigenvalue weighted by Crippen LogP contribution is 2.29. The highest BCUT2D eigenvalue weighted by Gasteiger charge is 2.22. The maximum Gasteiger partial charge on any atom is 0.341 e. The highest BCUT2D eigenvalue weighted by molar-refractivity contribution is 7.85. The molecule has 1 aliphatic heterocycles. The molecule has 2 heterocycles. The number of pyridine rings is 1. The van der Waals surface area contributed by atoms with Crippen molar-refractivity contribution in [2.24, 2.45) is 0 Å². The fourth-order valence-corrected chi connectivity index (χ4v) is 4.42. The molecule has 37 heavy (non-hydrogen) atoms. The topological polar surface area (TPSA) is 129 Å². The van der Waals surface area contributed by atoms with E-state index in [2.05, 4.69) is 5.32 Å². The average molecular weight is 528 g/mol. The van der Waals surface area contributed by atoms with E-state index < -0.39 is 32.9 Å². The Kier molecular flexibility index (Phi) is 7.30. The Morgan fingerprint density at radius 2 is 1.78 bits per heavy atom. The fourth-order valence-electron chi connectivity index (χ4n) is 4.42. The number of aromatic nitrogens is 1. The summed E-state index contributed by atoms with van der Waals surface area (Å²) < 4.78 is 42.7. The zero-order valence-electron chi connectivity index (χ0n) is 20.2. The minimum absolute atomic E-state index is 0.0440. The standard InChI is InChI=1S/C25H22FN3O3.CH4O3S/c1-15-13-28(9-8-27-15)23-12-22-19(11-21(23)26)24(30)20(25(31)32)14-29(22)18-7-6-16-4-2-3-5-17(16)10-18;1-5(2,3)4/h2-7,10-12,14-15,27H,8-9,13H2,1H3,(H,31,32);1H3,(H,2,3,4). The number of hydrogen-bond acceptors (Lipinski definition) is 6. The predicted octanol–water partition coefficient (Wildman–Crippen LogP) is 3.28. The smallest absolute Gasteiger partial charge is 0.341 e. The van der Waals surface area contributed by atoms with E-state index in [1.807, 2.05) is 54.3 Å². The van der Waals surface area contributed by atoms with Crippen LogP contribution in [-0.2, 0) is 10.1 Å². The third-order valence-electron chi connectivity index (χ3n) is 6.02. The van der Waals surface area contributed by atoms with Crippen molar-refractivity contribution in [2.45, 2.75) is 13.0 Å². The second kappa shape index (κ2) is 10.3. The molecule has 9 nitrogen and oxygen atoms in total. The zero-order chi connectivity index (χ0) is 26.9. The van der Waals surface area contributed by atoms with Gasteiger partial charge in [0.25, 0.3) is 10.1 Å². The number of nitrogens with zero attached hydrogens (tertiary/aromatic N) is 2. The molecule has 1 fully saturated rings. The summed E-state index contributed by atoms with van der Waals surface area (Å²) in [6.07, 6.45) is 2.05. The summed E-state index contributed by atoms with van der Waals surface area (Å²) >= 11 is 0. The van der Waals surface area contributed by atoms with Gasteiger partial charge in [0, 0.05) is 42.9 Å². The minimum atomic E-state index is -3.67. The molecule has 4 aromatic rings. The van der Waals surface area contributed by atoms with Gasteiger partial charge in [0.2, 0.25) is 5.43 Å². The molecule has 1 unspecified atom stereocenters. The first-order valence-electron chi connectivity index (χ1n) is 11.4. The van der Waals surface area contributed by atoms with Crippen molar-refractivity contribution in [3.8, 4) is 5.69 Å². The van der Waals surface area contributed by atoms with Crippen molar-refractivity contribution in [3.63, 3.8) is 0 Å². The summed E-state index contributed by atoms with van der Waals surface area (Å²) in [7, 11) is -3.67. The van der Waals surface area contributed by atoms with Crippen molar-refractivity contribution >= 4 is 43.5 Å². The van der Waals surface area contributed by atoms with Gasteiger partial charge in [-0.1, -0.05) is 30.3 Å². The number of halogens is 1. The number of rotatable bonds is 3. The Balaban J connectivity index is 0.000000586. The fraction of sp³-hybridized carbons (Fsp3) is 0.231. The third kappa shape index (κ3) is 5.96. The van der Waals surface area contributed by atoms with Crippen LogP contribution in [0.4, 0.5) is 10.1 Å². The second-order valence-electron chi connectivity index (χ2n) is 8.93. The molecule has 1 aliphatic rings. The van der Waals surface area contributed by atoms with Crippen LogP contribution in [0.15, 0.2) is 65.6 Å². The number of carboxylic acid groups (broad SMARTS) is 1. The Bertz CT molecular complexity index is 1660. The average Bonchev–Trinajstić information content (AvgIpc) is 2.83. The van der Waals surface area contributed by atoms with Crippen LogP contribution in [0.3, 0.4) is 0 Å². The predicted molar refractivity (Wildman–Crippen MR) is 141 cm³/mol. The van der Waals surface area contributed by atoms with Gasteiger partial charge in [-0.2, -0.15) is 8.42 Å². The van der Waals surface area contributed by atoms with Gasteiger partial charge in [-0.25, -0.2) is 9.18 Å². The molecule has 194 valence electrons. The normalized spacial score (nSPS) is 15.9. The van der Waals surface area contributed by atoms with Crippen LogP contribution >= 0.6 is 0 Å². The number of fused-ring (bicyclic) bond motifs is 2. The van der Waals surface area contributed by atoms with Crippen LogP contribution in [-0.4, -0.2) is 60.5 Å². The van der Waals surface area contributed by atoms with E-state index in [-0.39, 0.29) is 11.4 Å². The van der Waals surface area contributed by atoms with Gasteiger partial charge in [-0.15, -0.1) is 0 Å². The maximum atomic E-state index is 15.1. The number of anilines is 1. The molecule has 3 N–H and O–H groups in total. The summed E-state index contributed by atoms with van der Waals surface area (Å²) in [6, 6.07) is 16.6. The number of aromatic carboxylic acids is 1. The summed E-state index contributed by atoms with van der Waals surface area (Å²) in [5.74, 6) is -1.87. The van der Waals surface area contributed by atoms with Crippen LogP contribution in [0.25, 0.3) is 27.4 Å². The lowest BCUT2D eigenvalue weighted by Gasteiger charge is -2.34. The van der Waals surface area contributed by atoms with E-state index in [4.69, 9.17) is 4.55 Å². The van der Waals surface area contributed by atoms with Crippen molar-refractivity contribution in [3.05, 3.63) is 82.4 Å². The summed E-state index contributed by atoms with van der Waals surface area (Å²) in [5.41, 5.74) is 0.487.